The molecule has 0 radical (unpaired) electrons. The molecular weight excluding hydrogens is 388 g/mol. The van der Waals surface area contributed by atoms with E-state index in [0.29, 0.717) is 34.9 Å². The Labute approximate surface area is 170 Å². The summed E-state index contributed by atoms with van der Waals surface area (Å²) in [5.74, 6) is 0.654. The third kappa shape index (κ3) is 4.94. The molecule has 1 amide bonds. The van der Waals surface area contributed by atoms with E-state index in [1.54, 1.807) is 56.3 Å². The van der Waals surface area contributed by atoms with Gasteiger partial charge in [0.25, 0.3) is 15.9 Å². The van der Waals surface area contributed by atoms with Crippen LogP contribution in [0.4, 0.5) is 5.69 Å². The first-order valence-electron chi connectivity index (χ1n) is 9.14. The molecule has 0 saturated carbocycles. The van der Waals surface area contributed by atoms with Crippen LogP contribution in [-0.2, 0) is 10.0 Å². The molecule has 29 heavy (non-hydrogen) atoms. The van der Waals surface area contributed by atoms with Crippen LogP contribution in [0.15, 0.2) is 77.7 Å². The van der Waals surface area contributed by atoms with Crippen LogP contribution in [0.1, 0.15) is 22.8 Å². The SMILES string of the molecule is CCNC(=O)c1cc(S(=O)(=O)Nc2ccccc2Oc2ccccc2)ccc1C. The molecule has 0 unspecified atom stereocenters. The van der Waals surface area contributed by atoms with Crippen LogP contribution in [0.2, 0.25) is 0 Å². The summed E-state index contributed by atoms with van der Waals surface area (Å²) in [5, 5.41) is 2.69. The smallest absolute Gasteiger partial charge is 0.262 e. The maximum absolute atomic E-state index is 13.0. The Morgan fingerprint density at radius 1 is 0.966 bits per heavy atom. The number of carbonyl (C=O) groups is 1. The van der Waals surface area contributed by atoms with E-state index in [0.717, 1.165) is 0 Å². The fourth-order valence-electron chi connectivity index (χ4n) is 2.73. The van der Waals surface area contributed by atoms with Crippen molar-refractivity contribution in [3.05, 3.63) is 83.9 Å². The predicted molar refractivity (Wildman–Crippen MR) is 113 cm³/mol. The normalized spacial score (nSPS) is 11.0. The highest BCUT2D eigenvalue weighted by Gasteiger charge is 2.19. The molecule has 3 aromatic carbocycles. The van der Waals surface area contributed by atoms with Crippen LogP contribution in [0.25, 0.3) is 0 Å². The van der Waals surface area contributed by atoms with Gasteiger partial charge in [-0.05, 0) is 55.8 Å². The molecule has 0 aromatic heterocycles. The molecule has 0 saturated heterocycles. The Balaban J connectivity index is 1.91. The fraction of sp³-hybridized carbons (Fsp3) is 0.136. The zero-order valence-electron chi connectivity index (χ0n) is 16.2. The lowest BCUT2D eigenvalue weighted by atomic mass is 10.1. The van der Waals surface area contributed by atoms with Gasteiger partial charge in [0, 0.05) is 12.1 Å². The summed E-state index contributed by atoms with van der Waals surface area (Å²) in [6, 6.07) is 20.3. The summed E-state index contributed by atoms with van der Waals surface area (Å²) >= 11 is 0. The van der Waals surface area contributed by atoms with Crippen LogP contribution in [0.3, 0.4) is 0 Å². The van der Waals surface area contributed by atoms with Crippen LogP contribution >= 0.6 is 0 Å². The van der Waals surface area contributed by atoms with E-state index < -0.39 is 10.0 Å². The fourth-order valence-corrected chi connectivity index (χ4v) is 3.82. The Morgan fingerprint density at radius 3 is 2.38 bits per heavy atom. The number of rotatable bonds is 7. The van der Waals surface area contributed by atoms with Crippen LogP contribution in [0, 0.1) is 6.92 Å². The van der Waals surface area contributed by atoms with Crippen LogP contribution in [0.5, 0.6) is 11.5 Å². The van der Waals surface area contributed by atoms with Crippen molar-refractivity contribution in [1.82, 2.24) is 5.32 Å². The third-order valence-electron chi connectivity index (χ3n) is 4.20. The number of aryl methyl sites for hydroxylation is 1. The second-order valence-electron chi connectivity index (χ2n) is 6.35. The molecule has 6 nitrogen and oxygen atoms in total. The average Bonchev–Trinajstić information content (AvgIpc) is 2.70. The summed E-state index contributed by atoms with van der Waals surface area (Å²) in [5.41, 5.74) is 1.32. The van der Waals surface area contributed by atoms with Gasteiger partial charge in [-0.15, -0.1) is 0 Å². The van der Waals surface area contributed by atoms with E-state index in [1.165, 1.54) is 12.1 Å². The second kappa shape index (κ2) is 8.79. The van der Waals surface area contributed by atoms with Crippen molar-refractivity contribution in [3.8, 4) is 11.5 Å². The molecule has 3 aromatic rings. The van der Waals surface area contributed by atoms with Crippen molar-refractivity contribution in [3.63, 3.8) is 0 Å². The number of hydrogen-bond acceptors (Lipinski definition) is 4. The molecule has 0 aliphatic rings. The highest BCUT2D eigenvalue weighted by atomic mass is 32.2. The number of hydrogen-bond donors (Lipinski definition) is 2. The number of nitrogens with one attached hydrogen (secondary N) is 2. The molecule has 0 fully saturated rings. The molecule has 0 heterocycles. The largest absolute Gasteiger partial charge is 0.455 e. The van der Waals surface area contributed by atoms with E-state index >= 15 is 0 Å². The molecule has 0 atom stereocenters. The number of ether oxygens (including phenoxy) is 1. The monoisotopic (exact) mass is 410 g/mol. The lowest BCUT2D eigenvalue weighted by Gasteiger charge is -2.14. The number of anilines is 1. The van der Waals surface area contributed by atoms with Crippen molar-refractivity contribution in [2.75, 3.05) is 11.3 Å². The predicted octanol–water partition coefficient (Wildman–Crippen LogP) is 4.34. The van der Waals surface area contributed by atoms with E-state index in [-0.39, 0.29) is 10.8 Å². The number of carbonyl (C=O) groups excluding carboxylic acids is 1. The minimum atomic E-state index is -3.93. The first kappa shape index (κ1) is 20.4. The third-order valence-corrected chi connectivity index (χ3v) is 5.57. The van der Waals surface area contributed by atoms with Gasteiger partial charge in [-0.25, -0.2) is 8.42 Å². The first-order chi connectivity index (χ1) is 13.9. The highest BCUT2D eigenvalue weighted by Crippen LogP contribution is 2.31. The molecule has 7 heteroatoms. The first-order valence-corrected chi connectivity index (χ1v) is 10.6. The summed E-state index contributed by atoms with van der Waals surface area (Å²) < 4.78 is 34.3. The van der Waals surface area contributed by atoms with Crippen molar-refractivity contribution in [2.24, 2.45) is 0 Å². The summed E-state index contributed by atoms with van der Waals surface area (Å²) in [6.45, 7) is 4.02. The maximum Gasteiger partial charge on any atom is 0.262 e. The molecular formula is C22H22N2O4S. The second-order valence-corrected chi connectivity index (χ2v) is 8.04. The summed E-state index contributed by atoms with van der Waals surface area (Å²) in [7, 11) is -3.93. The molecule has 0 aliphatic heterocycles. The van der Waals surface area contributed by atoms with E-state index in [9.17, 15) is 13.2 Å². The number of para-hydroxylation sites is 3. The number of benzene rings is 3. The van der Waals surface area contributed by atoms with Gasteiger partial charge >= 0.3 is 0 Å². The van der Waals surface area contributed by atoms with Gasteiger partial charge in [0.1, 0.15) is 5.75 Å². The Bertz CT molecular complexity index is 1110. The zero-order valence-corrected chi connectivity index (χ0v) is 17.0. The zero-order chi connectivity index (χ0) is 20.9. The van der Waals surface area contributed by atoms with Crippen molar-refractivity contribution < 1.29 is 17.9 Å². The Hall–Kier alpha value is -3.32. The minimum absolute atomic E-state index is 0.00105. The number of amides is 1. The molecule has 3 rings (SSSR count). The van der Waals surface area contributed by atoms with E-state index in [2.05, 4.69) is 10.0 Å². The Morgan fingerprint density at radius 2 is 1.66 bits per heavy atom. The van der Waals surface area contributed by atoms with Crippen molar-refractivity contribution in [1.29, 1.82) is 0 Å². The molecule has 0 spiro atoms. The lowest BCUT2D eigenvalue weighted by molar-refractivity contribution is 0.0955. The van der Waals surface area contributed by atoms with Gasteiger partial charge in [-0.2, -0.15) is 0 Å². The van der Waals surface area contributed by atoms with Gasteiger partial charge in [0.15, 0.2) is 5.75 Å². The molecule has 0 bridgehead atoms. The summed E-state index contributed by atoms with van der Waals surface area (Å²) in [6.07, 6.45) is 0. The minimum Gasteiger partial charge on any atom is -0.455 e. The standard InChI is InChI=1S/C22H22N2O4S/c1-3-23-22(25)19-15-18(14-13-16(19)2)29(26,27)24-20-11-7-8-12-21(20)28-17-9-5-4-6-10-17/h4-15,24H,3H2,1-2H3,(H,23,25). The van der Waals surface area contributed by atoms with Gasteiger partial charge in [0.05, 0.1) is 10.6 Å². The Kier molecular flexibility index (Phi) is 6.19. The summed E-state index contributed by atoms with van der Waals surface area (Å²) in [4.78, 5) is 12.2. The van der Waals surface area contributed by atoms with Gasteiger partial charge in [0.2, 0.25) is 0 Å². The van der Waals surface area contributed by atoms with E-state index in [1.807, 2.05) is 18.2 Å². The van der Waals surface area contributed by atoms with Crippen molar-refractivity contribution >= 4 is 21.6 Å². The molecule has 150 valence electrons. The average molecular weight is 410 g/mol. The van der Waals surface area contributed by atoms with Gasteiger partial charge in [-0.1, -0.05) is 36.4 Å². The highest BCUT2D eigenvalue weighted by molar-refractivity contribution is 7.92. The lowest BCUT2D eigenvalue weighted by Crippen LogP contribution is -2.24. The number of sulfonamides is 1. The molecule has 2 N–H and O–H groups in total. The quantitative estimate of drug-likeness (QED) is 0.607. The van der Waals surface area contributed by atoms with E-state index in [4.69, 9.17) is 4.74 Å². The van der Waals surface area contributed by atoms with Crippen molar-refractivity contribution in [2.45, 2.75) is 18.7 Å². The molecule has 0 aliphatic carbocycles. The van der Waals surface area contributed by atoms with Crippen LogP contribution < -0.4 is 14.8 Å². The van der Waals surface area contributed by atoms with Gasteiger partial charge < -0.3 is 10.1 Å². The van der Waals surface area contributed by atoms with Crippen LogP contribution in [-0.4, -0.2) is 20.9 Å². The topological polar surface area (TPSA) is 84.5 Å². The van der Waals surface area contributed by atoms with Gasteiger partial charge in [-0.3, -0.25) is 9.52 Å². The maximum atomic E-state index is 13.0.